The topological polar surface area (TPSA) is 24.1 Å². The van der Waals surface area contributed by atoms with Gasteiger partial charge in [-0.2, -0.15) is 0 Å². The average Bonchev–Trinajstić information content (AvgIpc) is 2.37. The fraction of sp³-hybridized carbons (Fsp3) is 1.00. The molecule has 2 N–H and O–H groups in total. The highest BCUT2D eigenvalue weighted by Crippen LogP contribution is 2.13. The van der Waals surface area contributed by atoms with Crippen molar-refractivity contribution >= 4 is 0 Å². The van der Waals surface area contributed by atoms with Crippen molar-refractivity contribution in [3.8, 4) is 0 Å². The summed E-state index contributed by atoms with van der Waals surface area (Å²) in [7, 11) is 0. The van der Waals surface area contributed by atoms with E-state index in [1.165, 1.54) is 32.6 Å². The molecule has 1 fully saturated rings. The Hall–Kier alpha value is -0.0800. The van der Waals surface area contributed by atoms with E-state index in [0.29, 0.717) is 0 Å². The second-order valence-electron chi connectivity index (χ2n) is 3.60. The van der Waals surface area contributed by atoms with Gasteiger partial charge in [0, 0.05) is 0 Å². The molecule has 2 heteroatoms. The first-order valence-electron chi connectivity index (χ1n) is 4.76. The maximum Gasteiger partial charge on any atom is -0.000523 e. The van der Waals surface area contributed by atoms with Gasteiger partial charge in [-0.25, -0.2) is 0 Å². The fourth-order valence-corrected chi connectivity index (χ4v) is 1.60. The molecule has 0 saturated carbocycles. The summed E-state index contributed by atoms with van der Waals surface area (Å²) in [6, 6.07) is 0. The Balaban J connectivity index is 2.05. The van der Waals surface area contributed by atoms with Crippen LogP contribution in [-0.4, -0.2) is 26.2 Å². The molecule has 0 amide bonds. The Labute approximate surface area is 69.8 Å². The van der Waals surface area contributed by atoms with Gasteiger partial charge in [-0.15, -0.1) is 0 Å². The zero-order valence-electron chi connectivity index (χ0n) is 7.69. The summed E-state index contributed by atoms with van der Waals surface area (Å²) in [5.74, 6) is 1.72. The first-order chi connectivity index (χ1) is 5.34. The third kappa shape index (κ3) is 2.80. The molecule has 0 aromatic rings. The highest BCUT2D eigenvalue weighted by Gasteiger charge is 2.21. The molecule has 0 unspecified atom stereocenters. The Morgan fingerprint density at radius 2 is 2.27 bits per heavy atom. The van der Waals surface area contributed by atoms with Crippen LogP contribution in [0.25, 0.3) is 0 Å². The monoisotopic (exact) mass is 156 g/mol. The van der Waals surface area contributed by atoms with E-state index in [0.717, 1.165) is 11.8 Å². The Morgan fingerprint density at radius 1 is 1.45 bits per heavy atom. The van der Waals surface area contributed by atoms with Crippen LogP contribution in [0.5, 0.6) is 0 Å². The summed E-state index contributed by atoms with van der Waals surface area (Å²) in [6.45, 7) is 9.32. The van der Waals surface area contributed by atoms with Crippen LogP contribution in [-0.2, 0) is 0 Å². The van der Waals surface area contributed by atoms with Crippen molar-refractivity contribution in [3.63, 3.8) is 0 Å². The van der Waals surface area contributed by atoms with Crippen LogP contribution in [0.15, 0.2) is 0 Å². The van der Waals surface area contributed by atoms with Crippen LogP contribution in [0, 0.1) is 11.8 Å². The quantitative estimate of drug-likeness (QED) is 0.589. The Bertz CT molecular complexity index is 104. The summed E-state index contributed by atoms with van der Waals surface area (Å²) in [6.07, 6.45) is 1.24. The second kappa shape index (κ2) is 4.73. The van der Waals surface area contributed by atoms with Gasteiger partial charge >= 0.3 is 0 Å². The van der Waals surface area contributed by atoms with Crippen molar-refractivity contribution in [1.82, 2.24) is 10.6 Å². The minimum absolute atomic E-state index is 0.861. The van der Waals surface area contributed by atoms with Gasteiger partial charge in [-0.3, -0.25) is 0 Å². The Kier molecular flexibility index (Phi) is 3.87. The third-order valence-electron chi connectivity index (χ3n) is 2.51. The molecule has 1 aliphatic heterocycles. The Morgan fingerprint density at radius 3 is 2.82 bits per heavy atom. The first kappa shape index (κ1) is 9.01. The summed E-state index contributed by atoms with van der Waals surface area (Å²) >= 11 is 0. The predicted molar refractivity (Wildman–Crippen MR) is 48.7 cm³/mol. The van der Waals surface area contributed by atoms with Gasteiger partial charge in [0.1, 0.15) is 0 Å². The van der Waals surface area contributed by atoms with Gasteiger partial charge in [0.05, 0.1) is 0 Å². The molecule has 0 radical (unpaired) electrons. The third-order valence-corrected chi connectivity index (χ3v) is 2.51. The van der Waals surface area contributed by atoms with Crippen LogP contribution in [0.1, 0.15) is 20.3 Å². The summed E-state index contributed by atoms with van der Waals surface area (Å²) in [4.78, 5) is 0. The van der Waals surface area contributed by atoms with Crippen LogP contribution < -0.4 is 10.6 Å². The largest absolute Gasteiger partial charge is 0.316 e. The molecule has 2 atom stereocenters. The van der Waals surface area contributed by atoms with E-state index in [1.807, 2.05) is 0 Å². The lowest BCUT2D eigenvalue weighted by atomic mass is 9.98. The SMILES string of the molecule is CCCNC[C@@H]1CNC[C@H]1C. The lowest BCUT2D eigenvalue weighted by Crippen LogP contribution is -2.27. The molecule has 2 nitrogen and oxygen atoms in total. The van der Waals surface area contributed by atoms with Gasteiger partial charge < -0.3 is 10.6 Å². The van der Waals surface area contributed by atoms with E-state index in [1.54, 1.807) is 0 Å². The van der Waals surface area contributed by atoms with Crippen LogP contribution >= 0.6 is 0 Å². The van der Waals surface area contributed by atoms with Crippen molar-refractivity contribution in [2.45, 2.75) is 20.3 Å². The van der Waals surface area contributed by atoms with Crippen molar-refractivity contribution in [2.24, 2.45) is 11.8 Å². The maximum absolute atomic E-state index is 3.47. The van der Waals surface area contributed by atoms with Crippen molar-refractivity contribution in [1.29, 1.82) is 0 Å². The first-order valence-corrected chi connectivity index (χ1v) is 4.76. The van der Waals surface area contributed by atoms with Crippen LogP contribution in [0.4, 0.5) is 0 Å². The molecule has 0 aromatic carbocycles. The fourth-order valence-electron chi connectivity index (χ4n) is 1.60. The molecule has 1 saturated heterocycles. The van der Waals surface area contributed by atoms with E-state index >= 15 is 0 Å². The van der Waals surface area contributed by atoms with Gasteiger partial charge in [0.15, 0.2) is 0 Å². The van der Waals surface area contributed by atoms with Gasteiger partial charge in [0.25, 0.3) is 0 Å². The molecule has 0 spiro atoms. The molecule has 0 bridgehead atoms. The van der Waals surface area contributed by atoms with E-state index in [9.17, 15) is 0 Å². The van der Waals surface area contributed by atoms with Crippen LogP contribution in [0.2, 0.25) is 0 Å². The molecule has 0 aliphatic carbocycles. The molecule has 11 heavy (non-hydrogen) atoms. The minimum Gasteiger partial charge on any atom is -0.316 e. The van der Waals surface area contributed by atoms with E-state index < -0.39 is 0 Å². The standard InChI is InChI=1S/C9H20N2/c1-3-4-10-6-9-7-11-5-8(9)2/h8-11H,3-7H2,1-2H3/t8-,9-/m1/s1. The maximum atomic E-state index is 3.47. The van der Waals surface area contributed by atoms with Gasteiger partial charge in [-0.1, -0.05) is 13.8 Å². The number of hydrogen-bond acceptors (Lipinski definition) is 2. The highest BCUT2D eigenvalue weighted by atomic mass is 14.9. The van der Waals surface area contributed by atoms with E-state index in [-0.39, 0.29) is 0 Å². The van der Waals surface area contributed by atoms with Gasteiger partial charge in [-0.05, 0) is 44.4 Å². The summed E-state index contributed by atoms with van der Waals surface area (Å²) in [5, 5.41) is 6.88. The molecular formula is C9H20N2. The van der Waals surface area contributed by atoms with E-state index in [4.69, 9.17) is 0 Å². The second-order valence-corrected chi connectivity index (χ2v) is 3.60. The zero-order valence-corrected chi connectivity index (χ0v) is 7.69. The van der Waals surface area contributed by atoms with Crippen LogP contribution in [0.3, 0.4) is 0 Å². The predicted octanol–water partition coefficient (Wildman–Crippen LogP) is 0.841. The molecular weight excluding hydrogens is 136 g/mol. The molecule has 1 rings (SSSR count). The smallest absolute Gasteiger partial charge is 0.000523 e. The summed E-state index contributed by atoms with van der Waals surface area (Å²) < 4.78 is 0. The van der Waals surface area contributed by atoms with E-state index in [2.05, 4.69) is 24.5 Å². The highest BCUT2D eigenvalue weighted by molar-refractivity contribution is 4.79. The lowest BCUT2D eigenvalue weighted by molar-refractivity contribution is 0.421. The average molecular weight is 156 g/mol. The van der Waals surface area contributed by atoms with Crippen molar-refractivity contribution in [2.75, 3.05) is 26.2 Å². The molecule has 66 valence electrons. The zero-order chi connectivity index (χ0) is 8.10. The minimum atomic E-state index is 0.861. The molecule has 1 aliphatic rings. The normalized spacial score (nSPS) is 31.1. The molecule has 1 heterocycles. The van der Waals surface area contributed by atoms with Crippen molar-refractivity contribution < 1.29 is 0 Å². The number of rotatable bonds is 4. The number of nitrogens with one attached hydrogen (secondary N) is 2. The van der Waals surface area contributed by atoms with Crippen molar-refractivity contribution in [3.05, 3.63) is 0 Å². The lowest BCUT2D eigenvalue weighted by Gasteiger charge is -2.13. The summed E-state index contributed by atoms with van der Waals surface area (Å²) in [5.41, 5.74) is 0. The van der Waals surface area contributed by atoms with Gasteiger partial charge in [0.2, 0.25) is 0 Å². The molecule has 0 aromatic heterocycles. The number of hydrogen-bond donors (Lipinski definition) is 2.